The number of rotatable bonds is 8. The van der Waals surface area contributed by atoms with Crippen molar-refractivity contribution in [1.29, 1.82) is 0 Å². The van der Waals surface area contributed by atoms with Crippen molar-refractivity contribution in [2.45, 2.75) is 18.8 Å². The van der Waals surface area contributed by atoms with E-state index >= 15 is 0 Å². The van der Waals surface area contributed by atoms with Gasteiger partial charge in [0.2, 0.25) is 11.7 Å². The van der Waals surface area contributed by atoms with Crippen LogP contribution in [0.15, 0.2) is 36.5 Å². The van der Waals surface area contributed by atoms with Crippen LogP contribution in [0.3, 0.4) is 0 Å². The number of carboxylic acids is 1. The number of aromatic nitrogens is 2. The molecule has 0 aliphatic rings. The quantitative estimate of drug-likeness (QED) is 0.233. The van der Waals surface area contributed by atoms with Crippen molar-refractivity contribution in [3.05, 3.63) is 58.0 Å². The zero-order chi connectivity index (χ0) is 19.1. The van der Waals surface area contributed by atoms with E-state index in [-0.39, 0.29) is 6.61 Å². The van der Waals surface area contributed by atoms with Crippen LogP contribution in [0.25, 0.3) is 0 Å². The fraction of sp³-hybridized carbons (Fsp3) is 0.250. The first-order valence-corrected chi connectivity index (χ1v) is 7.60. The number of carboxylic acid groups (broad SMARTS) is 1. The highest BCUT2D eigenvalue weighted by Crippen LogP contribution is 2.21. The van der Waals surface area contributed by atoms with Crippen LogP contribution in [0.4, 0.5) is 11.5 Å². The number of nitro groups is 1. The molecule has 2 aromatic rings. The summed E-state index contributed by atoms with van der Waals surface area (Å²) in [5.41, 5.74) is 5.89. The van der Waals surface area contributed by atoms with Gasteiger partial charge < -0.3 is 15.6 Å². The summed E-state index contributed by atoms with van der Waals surface area (Å²) in [6.45, 7) is 0.0139. The molecular weight excluding hydrogens is 344 g/mol. The average Bonchev–Trinajstić information content (AvgIpc) is 2.59. The van der Waals surface area contributed by atoms with E-state index in [2.05, 4.69) is 9.97 Å². The second-order valence-electron chi connectivity index (χ2n) is 5.28. The highest BCUT2D eigenvalue weighted by Gasteiger charge is 2.34. The molecule has 1 unspecified atom stereocenters. The van der Waals surface area contributed by atoms with Gasteiger partial charge in [-0.1, -0.05) is 30.3 Å². The molecule has 1 atom stereocenters. The molecule has 0 bridgehead atoms. The molecule has 1 aromatic carbocycles. The molecule has 0 amide bonds. The van der Waals surface area contributed by atoms with E-state index in [1.165, 1.54) is 0 Å². The van der Waals surface area contributed by atoms with Crippen LogP contribution in [0.1, 0.15) is 23.7 Å². The number of aliphatic carboxylic acids is 1. The van der Waals surface area contributed by atoms with Gasteiger partial charge in [0, 0.05) is 0 Å². The lowest BCUT2D eigenvalue weighted by Gasteiger charge is -2.11. The van der Waals surface area contributed by atoms with Gasteiger partial charge in [-0.25, -0.2) is 9.97 Å². The largest absolute Gasteiger partial charge is 0.480 e. The van der Waals surface area contributed by atoms with Crippen LogP contribution in [0, 0.1) is 10.1 Å². The zero-order valence-corrected chi connectivity index (χ0v) is 13.6. The van der Waals surface area contributed by atoms with Gasteiger partial charge in [-0.05, 0) is 18.4 Å². The van der Waals surface area contributed by atoms with E-state index in [1.807, 2.05) is 30.3 Å². The van der Waals surface area contributed by atoms with E-state index in [4.69, 9.17) is 10.5 Å². The van der Waals surface area contributed by atoms with E-state index in [1.54, 1.807) is 0 Å². The number of aryl methyl sites for hydroxylation is 1. The van der Waals surface area contributed by atoms with Crippen LogP contribution in [0.2, 0.25) is 0 Å². The first kappa shape index (κ1) is 18.8. The predicted octanol–water partition coefficient (Wildman–Crippen LogP) is 1.31. The second kappa shape index (κ2) is 8.51. The minimum Gasteiger partial charge on any atom is -0.480 e. The molecule has 10 nitrogen and oxygen atoms in total. The fourth-order valence-electron chi connectivity index (χ4n) is 2.18. The van der Waals surface area contributed by atoms with Crippen molar-refractivity contribution in [3.63, 3.8) is 0 Å². The second-order valence-corrected chi connectivity index (χ2v) is 5.28. The van der Waals surface area contributed by atoms with Crippen molar-refractivity contribution < 1.29 is 24.4 Å². The average molecular weight is 360 g/mol. The molecule has 1 heterocycles. The molecule has 1 aromatic heterocycles. The van der Waals surface area contributed by atoms with Gasteiger partial charge in [0.1, 0.15) is 6.20 Å². The summed E-state index contributed by atoms with van der Waals surface area (Å²) in [5.74, 6) is -5.39. The van der Waals surface area contributed by atoms with Crippen molar-refractivity contribution in [1.82, 2.24) is 9.97 Å². The summed E-state index contributed by atoms with van der Waals surface area (Å²) in [4.78, 5) is 40.5. The standard InChI is InChI=1S/C16H16N4O6/c17-13-11(20(24)25)9-18-14(19-13)12(15(21)22)16(23)26-8-4-7-10-5-2-1-3-6-10/h1-3,5-6,9,12H,4,7-8H2,(H,21,22)(H2,17,18,19). The number of nitrogen functional groups attached to an aromatic ring is 1. The van der Waals surface area contributed by atoms with Gasteiger partial charge in [-0.15, -0.1) is 0 Å². The molecule has 0 aliphatic carbocycles. The lowest BCUT2D eigenvalue weighted by atomic mass is 10.1. The number of hydrogen-bond donors (Lipinski definition) is 2. The number of carbonyl (C=O) groups is 2. The molecule has 0 saturated carbocycles. The lowest BCUT2D eigenvalue weighted by molar-refractivity contribution is -0.384. The van der Waals surface area contributed by atoms with Crippen LogP contribution in [0.5, 0.6) is 0 Å². The number of anilines is 1. The van der Waals surface area contributed by atoms with Crippen molar-refractivity contribution >= 4 is 23.4 Å². The highest BCUT2D eigenvalue weighted by molar-refractivity contribution is 5.99. The molecule has 0 fully saturated rings. The summed E-state index contributed by atoms with van der Waals surface area (Å²) in [6.07, 6.45) is 1.93. The SMILES string of the molecule is Nc1nc(C(C(=O)O)C(=O)OCCCc2ccccc2)ncc1[N+](=O)[O-]. The Morgan fingerprint density at radius 1 is 1.31 bits per heavy atom. The first-order chi connectivity index (χ1) is 12.4. The van der Waals surface area contributed by atoms with Crippen molar-refractivity contribution in [2.75, 3.05) is 12.3 Å². The van der Waals surface area contributed by atoms with Gasteiger partial charge in [-0.2, -0.15) is 0 Å². The van der Waals surface area contributed by atoms with Crippen molar-refractivity contribution in [2.24, 2.45) is 0 Å². The summed E-state index contributed by atoms with van der Waals surface area (Å²) in [7, 11) is 0. The number of esters is 1. The number of nitrogens with zero attached hydrogens (tertiary/aromatic N) is 3. The molecule has 10 heteroatoms. The van der Waals surface area contributed by atoms with Gasteiger partial charge in [0.25, 0.3) is 0 Å². The predicted molar refractivity (Wildman–Crippen MR) is 89.2 cm³/mol. The van der Waals surface area contributed by atoms with Crippen LogP contribution in [-0.2, 0) is 20.7 Å². The number of ether oxygens (including phenoxy) is 1. The highest BCUT2D eigenvalue weighted by atomic mass is 16.6. The number of hydrogen-bond acceptors (Lipinski definition) is 8. The van der Waals surface area contributed by atoms with Gasteiger partial charge in [0.15, 0.2) is 5.82 Å². The van der Waals surface area contributed by atoms with Gasteiger partial charge in [-0.3, -0.25) is 19.7 Å². The van der Waals surface area contributed by atoms with E-state index in [0.29, 0.717) is 12.8 Å². The van der Waals surface area contributed by atoms with Crippen LogP contribution < -0.4 is 5.73 Å². The Hall–Kier alpha value is -3.56. The minimum absolute atomic E-state index is 0.0139. The van der Waals surface area contributed by atoms with Crippen LogP contribution in [-0.4, -0.2) is 38.5 Å². The maximum absolute atomic E-state index is 12.1. The molecule has 0 radical (unpaired) electrons. The number of benzene rings is 1. The molecular formula is C16H16N4O6. The van der Waals surface area contributed by atoms with Crippen LogP contribution >= 0.6 is 0 Å². The molecule has 0 saturated heterocycles. The summed E-state index contributed by atoms with van der Waals surface area (Å²) in [6, 6.07) is 9.51. The summed E-state index contributed by atoms with van der Waals surface area (Å²) < 4.78 is 4.98. The maximum atomic E-state index is 12.1. The first-order valence-electron chi connectivity index (χ1n) is 7.60. The van der Waals surface area contributed by atoms with Gasteiger partial charge >= 0.3 is 17.6 Å². The smallest absolute Gasteiger partial charge is 0.329 e. The van der Waals surface area contributed by atoms with E-state index in [9.17, 15) is 24.8 Å². The molecule has 2 rings (SSSR count). The molecule has 3 N–H and O–H groups in total. The summed E-state index contributed by atoms with van der Waals surface area (Å²) >= 11 is 0. The normalized spacial score (nSPS) is 11.5. The van der Waals surface area contributed by atoms with Gasteiger partial charge in [0.05, 0.1) is 11.5 Å². The monoisotopic (exact) mass is 360 g/mol. The Morgan fingerprint density at radius 3 is 2.58 bits per heavy atom. The Kier molecular flexibility index (Phi) is 6.15. The third-order valence-electron chi connectivity index (χ3n) is 3.45. The Bertz CT molecular complexity index is 812. The third-order valence-corrected chi connectivity index (χ3v) is 3.45. The molecule has 0 aliphatic heterocycles. The number of nitrogens with two attached hydrogens (primary N) is 1. The molecule has 136 valence electrons. The Balaban J connectivity index is 2.00. The Labute approximate surface area is 147 Å². The summed E-state index contributed by atoms with van der Waals surface area (Å²) in [5, 5.41) is 19.9. The topological polar surface area (TPSA) is 159 Å². The van der Waals surface area contributed by atoms with E-state index in [0.717, 1.165) is 11.8 Å². The third kappa shape index (κ3) is 4.72. The van der Waals surface area contributed by atoms with E-state index < -0.39 is 40.1 Å². The Morgan fingerprint density at radius 2 is 2.00 bits per heavy atom. The lowest BCUT2D eigenvalue weighted by Crippen LogP contribution is -2.26. The molecule has 0 spiro atoms. The minimum atomic E-state index is -1.81. The maximum Gasteiger partial charge on any atom is 0.329 e. The zero-order valence-electron chi connectivity index (χ0n) is 13.6. The van der Waals surface area contributed by atoms with Crippen molar-refractivity contribution in [3.8, 4) is 0 Å². The molecule has 26 heavy (non-hydrogen) atoms. The number of carbonyl (C=O) groups excluding carboxylic acids is 1. The fourth-order valence-corrected chi connectivity index (χ4v) is 2.18.